The molecule has 0 bridgehead atoms. The molecule has 168 valence electrons. The van der Waals surface area contributed by atoms with Gasteiger partial charge < -0.3 is 5.32 Å². The lowest BCUT2D eigenvalue weighted by molar-refractivity contribution is 0.838. The van der Waals surface area contributed by atoms with E-state index in [2.05, 4.69) is 105 Å². The van der Waals surface area contributed by atoms with Crippen LogP contribution in [-0.2, 0) is 6.42 Å². The maximum absolute atomic E-state index is 5.99. The molecule has 3 aromatic rings. The number of nitrogens with zero attached hydrogens (tertiary/aromatic N) is 2. The predicted octanol–water partition coefficient (Wildman–Crippen LogP) is 7.51. The molecular weight excluding hydrogens is 430 g/mol. The summed E-state index contributed by atoms with van der Waals surface area (Å²) >= 11 is 5.99. The van der Waals surface area contributed by atoms with Crippen LogP contribution in [0, 0.1) is 11.5 Å². The highest BCUT2D eigenvalue weighted by Gasteiger charge is 2.41. The van der Waals surface area contributed by atoms with Gasteiger partial charge in [0.25, 0.3) is 0 Å². The zero-order valence-electron chi connectivity index (χ0n) is 20.0. The number of anilines is 1. The Labute approximate surface area is 199 Å². The minimum atomic E-state index is -1.82. The van der Waals surface area contributed by atoms with Crippen LogP contribution in [0.1, 0.15) is 52.7 Å². The van der Waals surface area contributed by atoms with Crippen molar-refractivity contribution in [1.82, 2.24) is 9.97 Å². The Bertz CT molecular complexity index is 1110. The molecule has 0 aliphatic carbocycles. The average Bonchev–Trinajstić information content (AvgIpc) is 2.74. The van der Waals surface area contributed by atoms with E-state index in [4.69, 9.17) is 11.6 Å². The summed E-state index contributed by atoms with van der Waals surface area (Å²) in [6, 6.07) is 14.7. The predicted molar refractivity (Wildman–Crippen MR) is 141 cm³/mol. The summed E-state index contributed by atoms with van der Waals surface area (Å²) in [5, 5.41) is 6.28. The molecule has 0 aliphatic rings. The van der Waals surface area contributed by atoms with E-state index >= 15 is 0 Å². The summed E-state index contributed by atoms with van der Waals surface area (Å²) in [4.78, 5) is 8.18. The number of halogens is 1. The van der Waals surface area contributed by atoms with Crippen LogP contribution in [0.15, 0.2) is 48.8 Å². The third-order valence-corrected chi connectivity index (χ3v) is 13.1. The molecule has 5 heteroatoms. The first kappa shape index (κ1) is 24.3. The normalized spacial score (nSPS) is 11.8. The van der Waals surface area contributed by atoms with Gasteiger partial charge in [-0.3, -0.25) is 0 Å². The first-order valence-electron chi connectivity index (χ1n) is 11.5. The zero-order valence-corrected chi connectivity index (χ0v) is 21.8. The number of hydrogen-bond donors (Lipinski definition) is 1. The van der Waals surface area contributed by atoms with Crippen LogP contribution in [0.2, 0.25) is 21.8 Å². The van der Waals surface area contributed by atoms with Crippen molar-refractivity contribution >= 4 is 36.3 Å². The van der Waals surface area contributed by atoms with Crippen molar-refractivity contribution < 1.29 is 0 Å². The van der Waals surface area contributed by atoms with E-state index in [1.165, 1.54) is 28.2 Å². The molecule has 0 aliphatic heterocycles. The maximum Gasteiger partial charge on any atom is 0.146 e. The number of hydrogen-bond acceptors (Lipinski definition) is 3. The van der Waals surface area contributed by atoms with Crippen molar-refractivity contribution in [2.75, 3.05) is 11.9 Å². The van der Waals surface area contributed by atoms with Gasteiger partial charge in [0.1, 0.15) is 25.4 Å². The summed E-state index contributed by atoms with van der Waals surface area (Å²) in [6.45, 7) is 14.9. The summed E-state index contributed by atoms with van der Waals surface area (Å²) in [5.74, 6) is 4.48. The molecule has 1 heterocycles. The molecule has 0 saturated heterocycles. The van der Waals surface area contributed by atoms with E-state index in [1.54, 1.807) is 6.07 Å². The Balaban J connectivity index is 2.00. The lowest BCUT2D eigenvalue weighted by atomic mass is 9.97. The molecule has 3 nitrogen and oxygen atoms in total. The molecular formula is C27H34ClN3Si. The van der Waals surface area contributed by atoms with Crippen LogP contribution < -0.4 is 5.32 Å². The van der Waals surface area contributed by atoms with Crippen molar-refractivity contribution in [3.63, 3.8) is 0 Å². The summed E-state index contributed by atoms with van der Waals surface area (Å²) in [7, 11) is -1.82. The van der Waals surface area contributed by atoms with Crippen LogP contribution in [0.25, 0.3) is 10.8 Å². The van der Waals surface area contributed by atoms with Gasteiger partial charge in [-0.05, 0) is 39.4 Å². The average molecular weight is 464 g/mol. The fourth-order valence-electron chi connectivity index (χ4n) is 5.03. The molecule has 2 aromatic carbocycles. The molecule has 0 amide bonds. The van der Waals surface area contributed by atoms with E-state index in [9.17, 15) is 0 Å². The van der Waals surface area contributed by atoms with Crippen LogP contribution in [0.5, 0.6) is 0 Å². The molecule has 1 aromatic heterocycles. The second kappa shape index (κ2) is 10.5. The highest BCUT2D eigenvalue weighted by molar-refractivity contribution is 6.90. The van der Waals surface area contributed by atoms with Crippen molar-refractivity contribution in [1.29, 1.82) is 0 Å². The van der Waals surface area contributed by atoms with Crippen LogP contribution in [0.4, 0.5) is 5.82 Å². The Kier molecular flexibility index (Phi) is 7.98. The monoisotopic (exact) mass is 463 g/mol. The smallest absolute Gasteiger partial charge is 0.146 e. The van der Waals surface area contributed by atoms with Gasteiger partial charge in [0.2, 0.25) is 0 Å². The van der Waals surface area contributed by atoms with E-state index in [0.717, 1.165) is 18.8 Å². The number of benzene rings is 2. The molecule has 0 saturated carbocycles. The molecule has 0 unspecified atom stereocenters. The SMILES string of the molecule is CC(C)[Si](C#Cc1c(CCNc2cc(Cl)ncn2)ccc2ccccc12)(C(C)C)C(C)C. The summed E-state index contributed by atoms with van der Waals surface area (Å²) < 4.78 is 0. The van der Waals surface area contributed by atoms with Gasteiger partial charge >= 0.3 is 0 Å². The quantitative estimate of drug-likeness (QED) is 0.224. The number of nitrogens with one attached hydrogen (secondary N) is 1. The van der Waals surface area contributed by atoms with Crippen LogP contribution >= 0.6 is 11.6 Å². The number of fused-ring (bicyclic) bond motifs is 1. The fraction of sp³-hybridized carbons (Fsp3) is 0.407. The van der Waals surface area contributed by atoms with Gasteiger partial charge in [0.15, 0.2) is 0 Å². The van der Waals surface area contributed by atoms with Crippen LogP contribution in [0.3, 0.4) is 0 Å². The zero-order chi connectivity index (χ0) is 23.3. The molecule has 3 rings (SSSR count). The van der Waals surface area contributed by atoms with Crippen molar-refractivity contribution in [3.05, 3.63) is 65.1 Å². The number of aromatic nitrogens is 2. The topological polar surface area (TPSA) is 37.8 Å². The van der Waals surface area contributed by atoms with Crippen LogP contribution in [-0.4, -0.2) is 24.6 Å². The molecule has 0 radical (unpaired) electrons. The highest BCUT2D eigenvalue weighted by atomic mass is 35.5. The van der Waals surface area contributed by atoms with Gasteiger partial charge in [-0.15, -0.1) is 5.54 Å². The van der Waals surface area contributed by atoms with Gasteiger partial charge in [-0.1, -0.05) is 95.5 Å². The third kappa shape index (κ3) is 5.17. The highest BCUT2D eigenvalue weighted by Crippen LogP contribution is 2.41. The lowest BCUT2D eigenvalue weighted by Crippen LogP contribution is -2.43. The van der Waals surface area contributed by atoms with E-state index < -0.39 is 8.07 Å². The van der Waals surface area contributed by atoms with E-state index in [0.29, 0.717) is 21.8 Å². The van der Waals surface area contributed by atoms with Gasteiger partial charge in [0, 0.05) is 18.2 Å². The van der Waals surface area contributed by atoms with Crippen molar-refractivity contribution in [3.8, 4) is 11.5 Å². The van der Waals surface area contributed by atoms with E-state index in [-0.39, 0.29) is 0 Å². The lowest BCUT2D eigenvalue weighted by Gasteiger charge is -2.38. The molecule has 0 atom stereocenters. The third-order valence-electron chi connectivity index (χ3n) is 6.62. The van der Waals surface area contributed by atoms with Gasteiger partial charge in [-0.2, -0.15) is 0 Å². The van der Waals surface area contributed by atoms with Gasteiger partial charge in [0.05, 0.1) is 0 Å². The molecule has 1 N–H and O–H groups in total. The maximum atomic E-state index is 5.99. The first-order chi connectivity index (χ1) is 15.3. The summed E-state index contributed by atoms with van der Waals surface area (Å²) in [6.07, 6.45) is 2.33. The fourth-order valence-corrected chi connectivity index (χ4v) is 10.4. The second-order valence-electron chi connectivity index (χ2n) is 9.37. The minimum absolute atomic E-state index is 0.442. The van der Waals surface area contributed by atoms with Crippen molar-refractivity contribution in [2.45, 2.75) is 64.6 Å². The Hall–Kier alpha value is -2.35. The van der Waals surface area contributed by atoms with Crippen molar-refractivity contribution in [2.24, 2.45) is 0 Å². The summed E-state index contributed by atoms with van der Waals surface area (Å²) in [5.41, 5.74) is 8.19. The largest absolute Gasteiger partial charge is 0.370 e. The Morgan fingerprint density at radius 2 is 1.62 bits per heavy atom. The van der Waals surface area contributed by atoms with Gasteiger partial charge in [-0.25, -0.2) is 9.97 Å². The molecule has 0 spiro atoms. The van der Waals surface area contributed by atoms with E-state index in [1.807, 2.05) is 0 Å². The first-order valence-corrected chi connectivity index (χ1v) is 14.1. The Morgan fingerprint density at radius 1 is 0.938 bits per heavy atom. The standard InChI is InChI=1S/C27H34ClN3Si/c1-19(2)32(20(3)4,21(5)6)16-14-25-23(12-11-22-9-7-8-10-24(22)25)13-15-29-27-17-26(28)30-18-31-27/h7-12,17-21H,13,15H2,1-6H3,(H,29,30,31). The minimum Gasteiger partial charge on any atom is -0.370 e. The molecule has 32 heavy (non-hydrogen) atoms. The number of rotatable bonds is 7. The second-order valence-corrected chi connectivity index (χ2v) is 15.3. The molecule has 0 fully saturated rings. The Morgan fingerprint density at radius 3 is 2.28 bits per heavy atom.